The van der Waals surface area contributed by atoms with Crippen molar-refractivity contribution in [2.24, 2.45) is 0 Å². The Balaban J connectivity index is 2.25. The normalized spacial score (nSPS) is 16.5. The maximum absolute atomic E-state index is 12.4. The third-order valence-corrected chi connectivity index (χ3v) is 5.66. The molecule has 0 spiro atoms. The van der Waals surface area contributed by atoms with Gasteiger partial charge in [0.15, 0.2) is 9.84 Å². The zero-order valence-corrected chi connectivity index (χ0v) is 11.8. The zero-order valence-electron chi connectivity index (χ0n) is 11.0. The molecule has 1 aromatic carbocycles. The van der Waals surface area contributed by atoms with E-state index < -0.39 is 9.84 Å². The van der Waals surface area contributed by atoms with Crippen LogP contribution in [-0.4, -0.2) is 19.6 Å². The minimum atomic E-state index is -3.30. The quantitative estimate of drug-likeness (QED) is 0.629. The smallest absolute Gasteiger partial charge is 0.310 e. The van der Waals surface area contributed by atoms with Gasteiger partial charge in [-0.1, -0.05) is 25.8 Å². The van der Waals surface area contributed by atoms with E-state index in [0.29, 0.717) is 5.75 Å². The molecule has 0 atom stereocenters. The van der Waals surface area contributed by atoms with Crippen LogP contribution >= 0.6 is 0 Å². The Hall–Kier alpha value is -1.36. The molecule has 19 heavy (non-hydrogen) atoms. The van der Waals surface area contributed by atoms with Gasteiger partial charge in [0.1, 0.15) is 5.75 Å². The molecule has 0 aromatic heterocycles. The SMILES string of the molecule is CCC(=O)Oc1cccc(S(=O)(=O)C2CCCC2)c1. The van der Waals surface area contributed by atoms with E-state index in [9.17, 15) is 13.2 Å². The molecular weight excluding hydrogens is 264 g/mol. The largest absolute Gasteiger partial charge is 0.426 e. The highest BCUT2D eigenvalue weighted by atomic mass is 32.2. The summed E-state index contributed by atoms with van der Waals surface area (Å²) >= 11 is 0. The molecule has 0 N–H and O–H groups in total. The van der Waals surface area contributed by atoms with Crippen molar-refractivity contribution in [3.8, 4) is 5.75 Å². The molecule has 0 radical (unpaired) electrons. The van der Waals surface area contributed by atoms with Crippen molar-refractivity contribution in [2.75, 3.05) is 0 Å². The first-order valence-corrected chi connectivity index (χ1v) is 8.13. The van der Waals surface area contributed by atoms with Crippen LogP contribution in [0.4, 0.5) is 0 Å². The van der Waals surface area contributed by atoms with Gasteiger partial charge in [-0.3, -0.25) is 4.79 Å². The van der Waals surface area contributed by atoms with Gasteiger partial charge in [-0.25, -0.2) is 8.42 Å². The lowest BCUT2D eigenvalue weighted by Crippen LogP contribution is -2.18. The highest BCUT2D eigenvalue weighted by Gasteiger charge is 2.30. The van der Waals surface area contributed by atoms with E-state index in [-0.39, 0.29) is 22.5 Å². The van der Waals surface area contributed by atoms with Crippen LogP contribution in [-0.2, 0) is 14.6 Å². The van der Waals surface area contributed by atoms with Crippen LogP contribution in [0.2, 0.25) is 0 Å². The van der Waals surface area contributed by atoms with Crippen LogP contribution in [0.15, 0.2) is 29.2 Å². The van der Waals surface area contributed by atoms with Gasteiger partial charge < -0.3 is 4.74 Å². The number of ether oxygens (including phenoxy) is 1. The average molecular weight is 282 g/mol. The van der Waals surface area contributed by atoms with E-state index in [1.807, 2.05) is 0 Å². The molecule has 5 heteroatoms. The number of esters is 1. The summed E-state index contributed by atoms with van der Waals surface area (Å²) in [5.74, 6) is -0.0682. The first kappa shape index (κ1) is 14.1. The van der Waals surface area contributed by atoms with Gasteiger partial charge in [0.25, 0.3) is 0 Å². The Kier molecular flexibility index (Phi) is 4.24. The maximum atomic E-state index is 12.4. The molecule has 1 aliphatic carbocycles. The summed E-state index contributed by atoms with van der Waals surface area (Å²) in [4.78, 5) is 11.5. The number of benzene rings is 1. The molecule has 0 saturated heterocycles. The number of sulfone groups is 1. The molecule has 1 saturated carbocycles. The molecule has 0 aliphatic heterocycles. The molecule has 0 bridgehead atoms. The fraction of sp³-hybridized carbons (Fsp3) is 0.500. The maximum Gasteiger partial charge on any atom is 0.310 e. The van der Waals surface area contributed by atoms with Crippen LogP contribution in [0, 0.1) is 0 Å². The molecule has 1 aromatic rings. The van der Waals surface area contributed by atoms with Gasteiger partial charge in [0, 0.05) is 6.42 Å². The van der Waals surface area contributed by atoms with Crippen molar-refractivity contribution in [2.45, 2.75) is 49.2 Å². The molecule has 104 valence electrons. The highest BCUT2D eigenvalue weighted by molar-refractivity contribution is 7.92. The van der Waals surface area contributed by atoms with Crippen molar-refractivity contribution in [3.05, 3.63) is 24.3 Å². The van der Waals surface area contributed by atoms with Gasteiger partial charge in [0.05, 0.1) is 10.1 Å². The molecule has 4 nitrogen and oxygen atoms in total. The lowest BCUT2D eigenvalue weighted by atomic mass is 10.3. The van der Waals surface area contributed by atoms with Crippen molar-refractivity contribution in [1.82, 2.24) is 0 Å². The number of carbonyl (C=O) groups excluding carboxylic acids is 1. The van der Waals surface area contributed by atoms with Crippen molar-refractivity contribution < 1.29 is 17.9 Å². The van der Waals surface area contributed by atoms with Crippen LogP contribution in [0.25, 0.3) is 0 Å². The Morgan fingerprint density at radius 1 is 1.32 bits per heavy atom. The van der Waals surface area contributed by atoms with Crippen LogP contribution in [0.5, 0.6) is 5.75 Å². The third kappa shape index (κ3) is 3.15. The van der Waals surface area contributed by atoms with E-state index in [2.05, 4.69) is 0 Å². The molecule has 0 unspecified atom stereocenters. The van der Waals surface area contributed by atoms with Gasteiger partial charge in [0.2, 0.25) is 0 Å². The van der Waals surface area contributed by atoms with E-state index >= 15 is 0 Å². The molecule has 1 fully saturated rings. The number of carbonyl (C=O) groups is 1. The number of hydrogen-bond acceptors (Lipinski definition) is 4. The van der Waals surface area contributed by atoms with Gasteiger partial charge in [-0.2, -0.15) is 0 Å². The van der Waals surface area contributed by atoms with Crippen molar-refractivity contribution in [1.29, 1.82) is 0 Å². The second-order valence-corrected chi connectivity index (χ2v) is 6.98. The second-order valence-electron chi connectivity index (χ2n) is 4.75. The summed E-state index contributed by atoms with van der Waals surface area (Å²) in [6.07, 6.45) is 3.64. The summed E-state index contributed by atoms with van der Waals surface area (Å²) in [7, 11) is -3.30. The number of rotatable bonds is 4. The van der Waals surface area contributed by atoms with E-state index in [1.165, 1.54) is 6.07 Å². The average Bonchev–Trinajstić information content (AvgIpc) is 2.93. The lowest BCUT2D eigenvalue weighted by Gasteiger charge is -2.12. The van der Waals surface area contributed by atoms with Crippen LogP contribution in [0.1, 0.15) is 39.0 Å². The molecular formula is C14H18O4S. The van der Waals surface area contributed by atoms with Crippen molar-refractivity contribution >= 4 is 15.8 Å². The second kappa shape index (κ2) is 5.74. The third-order valence-electron chi connectivity index (χ3n) is 3.40. The summed E-state index contributed by atoms with van der Waals surface area (Å²) in [5.41, 5.74) is 0. The fourth-order valence-corrected chi connectivity index (χ4v) is 4.20. The summed E-state index contributed by atoms with van der Waals surface area (Å²) in [6.45, 7) is 1.70. The summed E-state index contributed by atoms with van der Waals surface area (Å²) in [5, 5.41) is -0.287. The van der Waals surface area contributed by atoms with Gasteiger partial charge in [-0.15, -0.1) is 0 Å². The Labute approximate surface area is 113 Å². The standard InChI is InChI=1S/C14H18O4S/c1-2-14(15)18-11-6-5-9-13(10-11)19(16,17)12-7-3-4-8-12/h5-6,9-10,12H,2-4,7-8H2,1H3. The van der Waals surface area contributed by atoms with Gasteiger partial charge in [-0.05, 0) is 31.0 Å². The van der Waals surface area contributed by atoms with E-state index in [1.54, 1.807) is 25.1 Å². The predicted octanol–water partition coefficient (Wildman–Crippen LogP) is 2.72. The minimum Gasteiger partial charge on any atom is -0.426 e. The molecule has 0 amide bonds. The first-order chi connectivity index (χ1) is 9.04. The van der Waals surface area contributed by atoms with E-state index in [4.69, 9.17) is 4.74 Å². The van der Waals surface area contributed by atoms with Gasteiger partial charge >= 0.3 is 5.97 Å². The van der Waals surface area contributed by atoms with E-state index in [0.717, 1.165) is 25.7 Å². The molecule has 0 heterocycles. The summed E-state index contributed by atoms with van der Waals surface area (Å²) < 4.78 is 29.9. The minimum absolute atomic E-state index is 0.251. The Morgan fingerprint density at radius 3 is 2.63 bits per heavy atom. The fourth-order valence-electron chi connectivity index (χ4n) is 2.31. The highest BCUT2D eigenvalue weighted by Crippen LogP contribution is 2.30. The monoisotopic (exact) mass is 282 g/mol. The zero-order chi connectivity index (χ0) is 13.9. The lowest BCUT2D eigenvalue weighted by molar-refractivity contribution is -0.134. The first-order valence-electron chi connectivity index (χ1n) is 6.58. The Bertz CT molecular complexity index is 557. The topological polar surface area (TPSA) is 60.4 Å². The van der Waals surface area contributed by atoms with Crippen LogP contribution in [0.3, 0.4) is 0 Å². The molecule has 2 rings (SSSR count). The molecule has 1 aliphatic rings. The van der Waals surface area contributed by atoms with Crippen LogP contribution < -0.4 is 4.74 Å². The predicted molar refractivity (Wildman–Crippen MR) is 71.8 cm³/mol. The van der Waals surface area contributed by atoms with Crippen molar-refractivity contribution in [3.63, 3.8) is 0 Å². The number of hydrogen-bond donors (Lipinski definition) is 0. The Morgan fingerprint density at radius 2 is 2.00 bits per heavy atom. The summed E-state index contributed by atoms with van der Waals surface area (Å²) in [6, 6.07) is 6.22.